The average Bonchev–Trinajstić information content (AvgIpc) is 2.51. The van der Waals surface area contributed by atoms with Crippen LogP contribution in [0.1, 0.15) is 24.6 Å². The van der Waals surface area contributed by atoms with E-state index in [2.05, 4.69) is 39.2 Å². The van der Waals surface area contributed by atoms with E-state index in [9.17, 15) is 0 Å². The van der Waals surface area contributed by atoms with Gasteiger partial charge in [-0.05, 0) is 47.3 Å². The normalized spacial score (nSPS) is 24.0. The van der Waals surface area contributed by atoms with Gasteiger partial charge < -0.3 is 0 Å². The Morgan fingerprint density at radius 1 is 1.64 bits per heavy atom. The van der Waals surface area contributed by atoms with Crippen LogP contribution in [-0.2, 0) is 6.54 Å². The molecule has 2 rings (SSSR count). The molecule has 2 heterocycles. The van der Waals surface area contributed by atoms with Crippen molar-refractivity contribution in [3.8, 4) is 0 Å². The molecule has 0 spiro atoms. The first-order chi connectivity index (χ1) is 6.74. The molecule has 1 aromatic heterocycles. The van der Waals surface area contributed by atoms with Crippen molar-refractivity contribution in [1.82, 2.24) is 4.90 Å². The summed E-state index contributed by atoms with van der Waals surface area (Å²) in [5, 5.41) is 2.17. The second-order valence-corrected chi connectivity index (χ2v) is 6.13. The van der Waals surface area contributed by atoms with Crippen LogP contribution in [0.3, 0.4) is 0 Å². The van der Waals surface area contributed by atoms with E-state index < -0.39 is 0 Å². The van der Waals surface area contributed by atoms with Gasteiger partial charge in [0.1, 0.15) is 0 Å². The molecule has 3 heteroatoms. The molecule has 0 amide bonds. The molecular formula is C11H16BrNS. The molecule has 14 heavy (non-hydrogen) atoms. The molecule has 1 unspecified atom stereocenters. The first-order valence-corrected chi connectivity index (χ1v) is 6.86. The summed E-state index contributed by atoms with van der Waals surface area (Å²) in [5.41, 5.74) is 0. The Kier molecular flexibility index (Phi) is 3.63. The van der Waals surface area contributed by atoms with E-state index in [1.807, 2.05) is 11.3 Å². The van der Waals surface area contributed by atoms with E-state index in [0.717, 1.165) is 12.5 Å². The highest BCUT2D eigenvalue weighted by Crippen LogP contribution is 2.23. The van der Waals surface area contributed by atoms with Gasteiger partial charge in [0.05, 0.1) is 0 Å². The largest absolute Gasteiger partial charge is 0.298 e. The fourth-order valence-electron chi connectivity index (χ4n) is 2.09. The molecule has 0 bridgehead atoms. The molecule has 0 saturated carbocycles. The highest BCUT2D eigenvalue weighted by Gasteiger charge is 2.16. The van der Waals surface area contributed by atoms with Gasteiger partial charge in [0.25, 0.3) is 0 Å². The van der Waals surface area contributed by atoms with E-state index in [1.54, 1.807) is 0 Å². The summed E-state index contributed by atoms with van der Waals surface area (Å²) in [6, 6.07) is 2.24. The fourth-order valence-corrected chi connectivity index (χ4v) is 3.58. The van der Waals surface area contributed by atoms with Gasteiger partial charge >= 0.3 is 0 Å². The number of hydrogen-bond acceptors (Lipinski definition) is 2. The Hall–Kier alpha value is 0.140. The standard InChI is InChI=1S/C11H16BrNS/c1-9-3-2-4-13(6-9)7-11-5-10(12)8-14-11/h5,8-9H,2-4,6-7H2,1H3. The summed E-state index contributed by atoms with van der Waals surface area (Å²) in [6.45, 7) is 6.05. The number of thiophene rings is 1. The summed E-state index contributed by atoms with van der Waals surface area (Å²) >= 11 is 5.36. The number of hydrogen-bond donors (Lipinski definition) is 0. The van der Waals surface area contributed by atoms with Crippen LogP contribution in [-0.4, -0.2) is 18.0 Å². The number of rotatable bonds is 2. The molecule has 1 saturated heterocycles. The maximum Gasteiger partial charge on any atom is 0.0328 e. The maximum atomic E-state index is 3.50. The predicted molar refractivity (Wildman–Crippen MR) is 65.7 cm³/mol. The molecule has 1 fully saturated rings. The van der Waals surface area contributed by atoms with Crippen LogP contribution in [0.2, 0.25) is 0 Å². The fraction of sp³-hybridized carbons (Fsp3) is 0.636. The lowest BCUT2D eigenvalue weighted by Crippen LogP contribution is -2.33. The summed E-state index contributed by atoms with van der Waals surface area (Å²) in [7, 11) is 0. The third-order valence-corrected chi connectivity index (χ3v) is 4.42. The highest BCUT2D eigenvalue weighted by atomic mass is 79.9. The highest BCUT2D eigenvalue weighted by molar-refractivity contribution is 9.10. The second kappa shape index (κ2) is 4.77. The molecule has 0 aromatic carbocycles. The Morgan fingerprint density at radius 2 is 2.50 bits per heavy atom. The van der Waals surface area contributed by atoms with E-state index in [-0.39, 0.29) is 0 Å². The van der Waals surface area contributed by atoms with E-state index in [0.29, 0.717) is 0 Å². The van der Waals surface area contributed by atoms with Crippen LogP contribution < -0.4 is 0 Å². The van der Waals surface area contributed by atoms with Gasteiger partial charge in [-0.1, -0.05) is 6.92 Å². The van der Waals surface area contributed by atoms with E-state index in [4.69, 9.17) is 0 Å². The Bertz CT molecular complexity index is 297. The summed E-state index contributed by atoms with van der Waals surface area (Å²) in [5.74, 6) is 0.882. The average molecular weight is 274 g/mol. The van der Waals surface area contributed by atoms with Gasteiger partial charge in [-0.25, -0.2) is 0 Å². The molecule has 1 aliphatic heterocycles. The zero-order valence-electron chi connectivity index (χ0n) is 8.50. The van der Waals surface area contributed by atoms with Gasteiger partial charge in [0.2, 0.25) is 0 Å². The second-order valence-electron chi connectivity index (χ2n) is 4.21. The lowest BCUT2D eigenvalue weighted by Gasteiger charge is -2.30. The molecular weight excluding hydrogens is 258 g/mol. The third-order valence-electron chi connectivity index (χ3n) is 2.74. The van der Waals surface area contributed by atoms with E-state index >= 15 is 0 Å². The zero-order valence-corrected chi connectivity index (χ0v) is 10.9. The van der Waals surface area contributed by atoms with Gasteiger partial charge in [-0.3, -0.25) is 4.90 Å². The molecule has 1 nitrogen and oxygen atoms in total. The molecule has 0 aliphatic carbocycles. The van der Waals surface area contributed by atoms with E-state index in [1.165, 1.54) is 35.3 Å². The maximum absolute atomic E-state index is 3.50. The number of likely N-dealkylation sites (tertiary alicyclic amines) is 1. The summed E-state index contributed by atoms with van der Waals surface area (Å²) in [4.78, 5) is 4.05. The van der Waals surface area contributed by atoms with Gasteiger partial charge in [-0.15, -0.1) is 11.3 Å². The SMILES string of the molecule is CC1CCCN(Cc2cc(Br)cs2)C1. The molecule has 78 valence electrons. The Balaban J connectivity index is 1.90. The summed E-state index contributed by atoms with van der Waals surface area (Å²) < 4.78 is 1.22. The van der Waals surface area contributed by atoms with Gasteiger partial charge in [0.15, 0.2) is 0 Å². The number of halogens is 1. The van der Waals surface area contributed by atoms with Crippen LogP contribution in [0, 0.1) is 5.92 Å². The van der Waals surface area contributed by atoms with Gasteiger partial charge in [0, 0.05) is 27.8 Å². The van der Waals surface area contributed by atoms with Crippen molar-refractivity contribution >= 4 is 27.3 Å². The Morgan fingerprint density at radius 3 is 3.14 bits per heavy atom. The Labute approximate surface area is 98.2 Å². The molecule has 0 radical (unpaired) electrons. The van der Waals surface area contributed by atoms with Gasteiger partial charge in [-0.2, -0.15) is 0 Å². The number of nitrogens with zero attached hydrogens (tertiary/aromatic N) is 1. The third kappa shape index (κ3) is 2.81. The smallest absolute Gasteiger partial charge is 0.0328 e. The van der Waals surface area contributed by atoms with Crippen molar-refractivity contribution in [3.63, 3.8) is 0 Å². The minimum absolute atomic E-state index is 0.882. The lowest BCUT2D eigenvalue weighted by molar-refractivity contribution is 0.178. The minimum atomic E-state index is 0.882. The molecule has 1 atom stereocenters. The lowest BCUT2D eigenvalue weighted by atomic mass is 10.0. The predicted octanol–water partition coefficient (Wildman–Crippen LogP) is 3.74. The van der Waals surface area contributed by atoms with Crippen molar-refractivity contribution in [2.24, 2.45) is 5.92 Å². The van der Waals surface area contributed by atoms with Crippen LogP contribution in [0.25, 0.3) is 0 Å². The van der Waals surface area contributed by atoms with Crippen LogP contribution >= 0.6 is 27.3 Å². The summed E-state index contributed by atoms with van der Waals surface area (Å²) in [6.07, 6.45) is 2.78. The zero-order chi connectivity index (χ0) is 9.97. The first kappa shape index (κ1) is 10.7. The number of piperidine rings is 1. The van der Waals surface area contributed by atoms with Crippen molar-refractivity contribution in [2.75, 3.05) is 13.1 Å². The van der Waals surface area contributed by atoms with Crippen molar-refractivity contribution in [1.29, 1.82) is 0 Å². The minimum Gasteiger partial charge on any atom is -0.298 e. The van der Waals surface area contributed by atoms with Crippen LogP contribution in [0.5, 0.6) is 0 Å². The van der Waals surface area contributed by atoms with Crippen LogP contribution in [0.15, 0.2) is 15.9 Å². The van der Waals surface area contributed by atoms with Crippen molar-refractivity contribution < 1.29 is 0 Å². The molecule has 0 N–H and O–H groups in total. The van der Waals surface area contributed by atoms with Crippen molar-refractivity contribution in [3.05, 3.63) is 20.8 Å². The van der Waals surface area contributed by atoms with Crippen molar-refractivity contribution in [2.45, 2.75) is 26.3 Å². The molecule has 1 aromatic rings. The monoisotopic (exact) mass is 273 g/mol. The topological polar surface area (TPSA) is 3.24 Å². The first-order valence-electron chi connectivity index (χ1n) is 5.19. The quantitative estimate of drug-likeness (QED) is 0.794. The molecule has 1 aliphatic rings. The van der Waals surface area contributed by atoms with Crippen LogP contribution in [0.4, 0.5) is 0 Å².